The summed E-state index contributed by atoms with van der Waals surface area (Å²) < 4.78 is 15.1. The van der Waals surface area contributed by atoms with Gasteiger partial charge in [-0.3, -0.25) is 9.59 Å². The second kappa shape index (κ2) is 7.36. The first kappa shape index (κ1) is 18.6. The summed E-state index contributed by atoms with van der Waals surface area (Å²) in [5.74, 6) is -1.74. The van der Waals surface area contributed by atoms with Crippen LogP contribution >= 0.6 is 0 Å². The topological polar surface area (TPSA) is 50.6 Å². The molecule has 4 rings (SSSR count). The molecule has 0 bridgehead atoms. The molecular weight excluding hydrogens is 367 g/mol. The minimum Gasteiger partial charge on any atom is -0.319 e. The van der Waals surface area contributed by atoms with Crippen LogP contribution in [0.5, 0.6) is 0 Å². The van der Waals surface area contributed by atoms with Crippen molar-refractivity contribution in [3.05, 3.63) is 95.6 Å². The van der Waals surface area contributed by atoms with Crippen LogP contribution < -0.4 is 5.32 Å². The molecule has 1 N–H and O–H groups in total. The minimum absolute atomic E-state index is 0.245. The third kappa shape index (κ3) is 3.43. The fraction of sp³-hybridized carbons (Fsp3) is 0.0833. The van der Waals surface area contributed by atoms with Crippen LogP contribution in [0.4, 0.5) is 10.1 Å². The van der Waals surface area contributed by atoms with Crippen molar-refractivity contribution < 1.29 is 14.0 Å². The first-order chi connectivity index (χ1) is 14.0. The lowest BCUT2D eigenvalue weighted by atomic mass is 10.0. The van der Waals surface area contributed by atoms with Gasteiger partial charge >= 0.3 is 0 Å². The summed E-state index contributed by atoms with van der Waals surface area (Å²) in [5.41, 5.74) is 4.80. The lowest BCUT2D eigenvalue weighted by molar-refractivity contribution is -0.112. The first-order valence-electron chi connectivity index (χ1n) is 9.23. The van der Waals surface area contributed by atoms with Gasteiger partial charge in [-0.15, -0.1) is 0 Å². The third-order valence-corrected chi connectivity index (χ3v) is 5.11. The van der Waals surface area contributed by atoms with E-state index in [-0.39, 0.29) is 11.5 Å². The lowest BCUT2D eigenvalue weighted by Crippen LogP contribution is -2.25. The Labute approximate surface area is 167 Å². The number of nitrogens with zero attached hydrogens (tertiary/aromatic N) is 1. The van der Waals surface area contributed by atoms with E-state index in [1.54, 1.807) is 34.9 Å². The number of pyridine rings is 1. The number of aromatic nitrogens is 1. The number of aryl methyl sites for hydroxylation is 1. The molecule has 144 valence electrons. The molecule has 0 saturated heterocycles. The van der Waals surface area contributed by atoms with Crippen molar-refractivity contribution in [3.63, 3.8) is 0 Å². The van der Waals surface area contributed by atoms with Crippen molar-refractivity contribution in [1.82, 2.24) is 4.40 Å². The van der Waals surface area contributed by atoms with E-state index in [9.17, 15) is 14.0 Å². The van der Waals surface area contributed by atoms with Gasteiger partial charge in [-0.1, -0.05) is 30.3 Å². The minimum atomic E-state index is -0.717. The van der Waals surface area contributed by atoms with Gasteiger partial charge in [0.15, 0.2) is 0 Å². The molecule has 4 aromatic rings. The highest BCUT2D eigenvalue weighted by molar-refractivity contribution is 6.47. The van der Waals surface area contributed by atoms with Gasteiger partial charge in [0.05, 0.1) is 0 Å². The van der Waals surface area contributed by atoms with E-state index in [0.717, 1.165) is 16.6 Å². The summed E-state index contributed by atoms with van der Waals surface area (Å²) in [7, 11) is 0. The van der Waals surface area contributed by atoms with Crippen LogP contribution in [-0.4, -0.2) is 16.1 Å². The van der Waals surface area contributed by atoms with E-state index in [1.165, 1.54) is 12.1 Å². The predicted octanol–water partition coefficient (Wildman–Crippen LogP) is 5.18. The molecule has 0 aliphatic carbocycles. The summed E-state index contributed by atoms with van der Waals surface area (Å²) in [6.45, 7) is 3.84. The highest BCUT2D eigenvalue weighted by atomic mass is 19.1. The number of benzene rings is 2. The number of fused-ring (bicyclic) bond motifs is 1. The summed E-state index contributed by atoms with van der Waals surface area (Å²) in [6.07, 6.45) is 1.74. The van der Waals surface area contributed by atoms with E-state index >= 15 is 0 Å². The average Bonchev–Trinajstić information content (AvgIpc) is 3.10. The number of carbonyl (C=O) groups is 2. The van der Waals surface area contributed by atoms with Crippen molar-refractivity contribution in [2.24, 2.45) is 0 Å². The van der Waals surface area contributed by atoms with Crippen LogP contribution in [0.3, 0.4) is 0 Å². The first-order valence-corrected chi connectivity index (χ1v) is 9.23. The molecule has 29 heavy (non-hydrogen) atoms. The van der Waals surface area contributed by atoms with Gasteiger partial charge in [0, 0.05) is 23.0 Å². The van der Waals surface area contributed by atoms with Crippen LogP contribution in [0.2, 0.25) is 0 Å². The van der Waals surface area contributed by atoms with Crippen LogP contribution in [0, 0.1) is 19.7 Å². The zero-order valence-corrected chi connectivity index (χ0v) is 16.1. The standard InChI is InChI=1S/C24H19FN2O2/c1-15-6-5-8-21(16(15)2)26-24(29)23(28)22-20(17-9-11-18(25)12-10-17)14-19-7-3-4-13-27(19)22/h3-14H,1-2H3,(H,26,29). The fourth-order valence-corrected chi connectivity index (χ4v) is 3.38. The van der Waals surface area contributed by atoms with Gasteiger partial charge in [0.2, 0.25) is 0 Å². The fourth-order valence-electron chi connectivity index (χ4n) is 3.38. The molecule has 0 saturated carbocycles. The Morgan fingerprint density at radius 2 is 1.69 bits per heavy atom. The molecule has 2 heterocycles. The Balaban J connectivity index is 1.78. The summed E-state index contributed by atoms with van der Waals surface area (Å²) in [5, 5.41) is 2.73. The number of carbonyl (C=O) groups excluding carboxylic acids is 2. The van der Waals surface area contributed by atoms with E-state index in [4.69, 9.17) is 0 Å². The van der Waals surface area contributed by atoms with Gasteiger partial charge in [-0.25, -0.2) is 4.39 Å². The Morgan fingerprint density at radius 3 is 2.45 bits per heavy atom. The second-order valence-electron chi connectivity index (χ2n) is 6.94. The highest BCUT2D eigenvalue weighted by Crippen LogP contribution is 2.29. The molecule has 0 spiro atoms. The molecular formula is C24H19FN2O2. The number of rotatable bonds is 4. The number of halogens is 1. The summed E-state index contributed by atoms with van der Waals surface area (Å²) >= 11 is 0. The van der Waals surface area contributed by atoms with Gasteiger partial charge in [0.25, 0.3) is 11.7 Å². The summed E-state index contributed by atoms with van der Waals surface area (Å²) in [4.78, 5) is 26.0. The number of hydrogen-bond donors (Lipinski definition) is 1. The number of ketones is 1. The molecule has 0 fully saturated rings. The number of hydrogen-bond acceptors (Lipinski definition) is 2. The van der Waals surface area contributed by atoms with E-state index in [1.807, 2.05) is 44.2 Å². The van der Waals surface area contributed by atoms with E-state index < -0.39 is 11.7 Å². The van der Waals surface area contributed by atoms with Crippen molar-refractivity contribution in [2.75, 3.05) is 5.32 Å². The van der Waals surface area contributed by atoms with E-state index in [2.05, 4.69) is 5.32 Å². The molecule has 1 amide bonds. The molecule has 2 aromatic carbocycles. The van der Waals surface area contributed by atoms with Crippen molar-refractivity contribution in [3.8, 4) is 11.1 Å². The normalized spacial score (nSPS) is 10.9. The van der Waals surface area contributed by atoms with Gasteiger partial charge in [0.1, 0.15) is 11.5 Å². The third-order valence-electron chi connectivity index (χ3n) is 5.11. The van der Waals surface area contributed by atoms with E-state index in [0.29, 0.717) is 16.8 Å². The van der Waals surface area contributed by atoms with Crippen LogP contribution in [0.1, 0.15) is 21.6 Å². The van der Waals surface area contributed by atoms with Crippen LogP contribution in [0.25, 0.3) is 16.6 Å². The predicted molar refractivity (Wildman–Crippen MR) is 112 cm³/mol. The maximum atomic E-state index is 13.4. The molecule has 0 radical (unpaired) electrons. The quantitative estimate of drug-likeness (QED) is 0.388. The monoisotopic (exact) mass is 386 g/mol. The zero-order chi connectivity index (χ0) is 20.5. The molecule has 0 aliphatic heterocycles. The largest absolute Gasteiger partial charge is 0.319 e. The Morgan fingerprint density at radius 1 is 0.931 bits per heavy atom. The summed E-state index contributed by atoms with van der Waals surface area (Å²) in [6, 6.07) is 18.7. The molecule has 5 heteroatoms. The maximum absolute atomic E-state index is 13.4. The SMILES string of the molecule is Cc1cccc(NC(=O)C(=O)c2c(-c3ccc(F)cc3)cc3ccccn23)c1C. The number of amides is 1. The second-order valence-corrected chi connectivity index (χ2v) is 6.94. The number of anilines is 1. The molecule has 0 unspecified atom stereocenters. The number of Topliss-reactive ketones (excluding diaryl/α,β-unsaturated/α-hetero) is 1. The highest BCUT2D eigenvalue weighted by Gasteiger charge is 2.25. The van der Waals surface area contributed by atoms with Crippen molar-refractivity contribution in [2.45, 2.75) is 13.8 Å². The van der Waals surface area contributed by atoms with Crippen LogP contribution in [-0.2, 0) is 4.79 Å². The van der Waals surface area contributed by atoms with Crippen molar-refractivity contribution in [1.29, 1.82) is 0 Å². The smallest absolute Gasteiger partial charge is 0.298 e. The lowest BCUT2D eigenvalue weighted by Gasteiger charge is -2.11. The Bertz CT molecular complexity index is 1240. The molecule has 4 nitrogen and oxygen atoms in total. The molecule has 2 aromatic heterocycles. The Hall–Kier alpha value is -3.73. The van der Waals surface area contributed by atoms with Crippen LogP contribution in [0.15, 0.2) is 72.9 Å². The average molecular weight is 386 g/mol. The van der Waals surface area contributed by atoms with Gasteiger partial charge in [-0.05, 0) is 66.9 Å². The molecule has 0 atom stereocenters. The Kier molecular flexibility index (Phi) is 4.72. The van der Waals surface area contributed by atoms with Gasteiger partial charge in [-0.2, -0.15) is 0 Å². The maximum Gasteiger partial charge on any atom is 0.298 e. The zero-order valence-electron chi connectivity index (χ0n) is 16.1. The molecule has 0 aliphatic rings. The van der Waals surface area contributed by atoms with Crippen molar-refractivity contribution >= 4 is 22.9 Å². The number of nitrogens with one attached hydrogen (secondary N) is 1. The van der Waals surface area contributed by atoms with Gasteiger partial charge < -0.3 is 9.72 Å².